The molecule has 14 heteroatoms. The van der Waals surface area contributed by atoms with Crippen molar-refractivity contribution >= 4 is 36.4 Å². The molecule has 0 bridgehead atoms. The van der Waals surface area contributed by atoms with Gasteiger partial charge < -0.3 is 20.7 Å². The van der Waals surface area contributed by atoms with Crippen molar-refractivity contribution < 1.29 is 33.1 Å². The van der Waals surface area contributed by atoms with Crippen LogP contribution in [-0.4, -0.2) is 61.3 Å². The second kappa shape index (κ2) is 8.90. The number of hydrogen-bond donors (Lipinski definition) is 3. The van der Waals surface area contributed by atoms with E-state index in [0.717, 1.165) is 5.56 Å². The maximum absolute atomic E-state index is 13.0. The van der Waals surface area contributed by atoms with E-state index in [-0.39, 0.29) is 19.0 Å². The molecule has 176 valence electrons. The van der Waals surface area contributed by atoms with Gasteiger partial charge in [-0.1, -0.05) is 23.7 Å². The monoisotopic (exact) mass is 497 g/mol. The normalized spacial score (nSPS) is 32.4. The van der Waals surface area contributed by atoms with Crippen LogP contribution in [0.1, 0.15) is 24.3 Å². The summed E-state index contributed by atoms with van der Waals surface area (Å²) in [5.41, 5.74) is 7.21. The Labute approximate surface area is 192 Å². The number of imidazole rings is 1. The number of benzene rings is 1. The van der Waals surface area contributed by atoms with Gasteiger partial charge in [0.25, 0.3) is 0 Å². The van der Waals surface area contributed by atoms with E-state index in [0.29, 0.717) is 22.6 Å². The zero-order chi connectivity index (χ0) is 23.2. The van der Waals surface area contributed by atoms with Gasteiger partial charge in [-0.2, -0.15) is 0 Å². The number of nitrogens with two attached hydrogens (primary N) is 1. The number of aliphatic hydroxyl groups is 2. The molecule has 0 saturated carbocycles. The number of aliphatic hydroxyl groups excluding tert-OH is 2. The van der Waals surface area contributed by atoms with Gasteiger partial charge in [0.15, 0.2) is 17.7 Å². The molecule has 1 aromatic carbocycles. The van der Waals surface area contributed by atoms with Gasteiger partial charge in [0.1, 0.15) is 30.2 Å². The van der Waals surface area contributed by atoms with Crippen LogP contribution in [0.4, 0.5) is 5.82 Å². The van der Waals surface area contributed by atoms with E-state index in [4.69, 9.17) is 35.6 Å². The topological polar surface area (TPSA) is 164 Å². The summed E-state index contributed by atoms with van der Waals surface area (Å²) in [4.78, 5) is 12.1. The van der Waals surface area contributed by atoms with E-state index in [1.807, 2.05) is 6.07 Å². The summed E-state index contributed by atoms with van der Waals surface area (Å²) >= 11 is 6.04. The predicted molar refractivity (Wildman–Crippen MR) is 115 cm³/mol. The van der Waals surface area contributed by atoms with Crippen molar-refractivity contribution in [2.75, 3.05) is 18.9 Å². The highest BCUT2D eigenvalue weighted by atomic mass is 35.5. The van der Waals surface area contributed by atoms with Crippen molar-refractivity contribution in [3.63, 3.8) is 0 Å². The van der Waals surface area contributed by atoms with E-state index >= 15 is 0 Å². The first-order valence-electron chi connectivity index (χ1n) is 10.1. The number of fused-ring (bicyclic) bond motifs is 1. The lowest BCUT2D eigenvalue weighted by atomic mass is 10.1. The van der Waals surface area contributed by atoms with Crippen LogP contribution in [0.3, 0.4) is 0 Å². The first kappa shape index (κ1) is 22.6. The average Bonchev–Trinajstić information content (AvgIpc) is 3.35. The molecule has 2 saturated heterocycles. The van der Waals surface area contributed by atoms with Crippen molar-refractivity contribution in [1.29, 1.82) is 0 Å². The molecule has 2 aliphatic heterocycles. The molecule has 33 heavy (non-hydrogen) atoms. The number of hydrogen-bond acceptors (Lipinski definition) is 11. The second-order valence-electron chi connectivity index (χ2n) is 7.64. The Hall–Kier alpha value is -2.15. The zero-order valence-electron chi connectivity index (χ0n) is 17.1. The van der Waals surface area contributed by atoms with Gasteiger partial charge in [0.2, 0.25) is 0 Å². The fraction of sp³-hybridized carbons (Fsp3) is 0.421. The summed E-state index contributed by atoms with van der Waals surface area (Å²) in [7, 11) is -3.95. The van der Waals surface area contributed by atoms with Crippen molar-refractivity contribution in [2.24, 2.45) is 0 Å². The van der Waals surface area contributed by atoms with Crippen LogP contribution in [0.25, 0.3) is 11.2 Å². The maximum atomic E-state index is 13.0. The predicted octanol–water partition coefficient (Wildman–Crippen LogP) is 1.98. The molecule has 4 N–H and O–H groups in total. The number of nitrogens with zero attached hydrogens (tertiary/aromatic N) is 4. The summed E-state index contributed by atoms with van der Waals surface area (Å²) in [6.07, 6.45) is -2.15. The summed E-state index contributed by atoms with van der Waals surface area (Å²) in [6.45, 7) is -0.200. The van der Waals surface area contributed by atoms with E-state index in [2.05, 4.69) is 15.0 Å². The lowest BCUT2D eigenvalue weighted by molar-refractivity contribution is -0.0578. The Morgan fingerprint density at radius 1 is 1.27 bits per heavy atom. The Balaban J connectivity index is 1.27. The Morgan fingerprint density at radius 2 is 2.12 bits per heavy atom. The highest BCUT2D eigenvalue weighted by Gasteiger charge is 2.46. The largest absolute Gasteiger partial charge is 0.475 e. The molecule has 1 unspecified atom stereocenters. The number of phosphoric acid groups is 1. The van der Waals surface area contributed by atoms with E-state index in [9.17, 15) is 14.8 Å². The first-order chi connectivity index (χ1) is 15.8. The Bertz CT molecular complexity index is 1210. The molecule has 2 aromatic heterocycles. The average molecular weight is 498 g/mol. The molecule has 0 radical (unpaired) electrons. The minimum Gasteiger partial charge on any atom is -0.387 e. The van der Waals surface area contributed by atoms with Crippen LogP contribution in [-0.2, 0) is 22.9 Å². The smallest absolute Gasteiger partial charge is 0.387 e. The van der Waals surface area contributed by atoms with Crippen molar-refractivity contribution in [1.82, 2.24) is 19.5 Å². The molecule has 0 spiro atoms. The molecule has 0 aliphatic carbocycles. The van der Waals surface area contributed by atoms with Gasteiger partial charge in [-0.05, 0) is 17.7 Å². The van der Waals surface area contributed by atoms with Crippen LogP contribution in [0, 0.1) is 0 Å². The van der Waals surface area contributed by atoms with Crippen LogP contribution in [0.5, 0.6) is 0 Å². The minimum absolute atomic E-state index is 0.149. The fourth-order valence-corrected chi connectivity index (χ4v) is 5.42. The van der Waals surface area contributed by atoms with Gasteiger partial charge in [0, 0.05) is 11.4 Å². The number of rotatable bonds is 5. The molecule has 3 aromatic rings. The van der Waals surface area contributed by atoms with Crippen LogP contribution in [0.15, 0.2) is 36.9 Å². The van der Waals surface area contributed by atoms with Gasteiger partial charge in [-0.25, -0.2) is 19.5 Å². The molecule has 4 heterocycles. The molecule has 2 aliphatic rings. The first-order valence-corrected chi connectivity index (χ1v) is 12.0. The highest BCUT2D eigenvalue weighted by molar-refractivity contribution is 7.48. The van der Waals surface area contributed by atoms with Crippen molar-refractivity contribution in [2.45, 2.75) is 37.1 Å². The minimum atomic E-state index is -3.95. The van der Waals surface area contributed by atoms with E-state index < -0.39 is 38.5 Å². The Kier molecular flexibility index (Phi) is 6.10. The molecule has 2 fully saturated rings. The van der Waals surface area contributed by atoms with Gasteiger partial charge in [0.05, 0.1) is 25.6 Å². The third-order valence-electron chi connectivity index (χ3n) is 5.50. The maximum Gasteiger partial charge on any atom is 0.475 e. The zero-order valence-corrected chi connectivity index (χ0v) is 18.7. The SMILES string of the molecule is Nc1ncnc2c1ncn2[C@@H]1O[C@H](COP2(=O)OCC[C@@H](c3cccc(Cl)c3)O2)[C@@H](O)[C@H]1O. The van der Waals surface area contributed by atoms with Gasteiger partial charge >= 0.3 is 7.82 Å². The van der Waals surface area contributed by atoms with Gasteiger partial charge in [-0.3, -0.25) is 18.1 Å². The van der Waals surface area contributed by atoms with Gasteiger partial charge in [-0.15, -0.1) is 0 Å². The Morgan fingerprint density at radius 3 is 2.94 bits per heavy atom. The number of anilines is 1. The molecular weight excluding hydrogens is 477 g/mol. The molecule has 0 amide bonds. The standard InChI is InChI=1S/C19H21ClN5O7P/c20-11-3-1-2-10(6-11)12-4-5-29-33(28,32-12)30-7-13-15(26)16(27)19(31-13)25-9-24-14-17(21)22-8-23-18(14)25/h1-3,6,8-9,12-13,15-16,19,26-27H,4-5,7H2,(H2,21,22,23)/t12-,13+,15+,16+,19+,33?/m0/s1. The van der Waals surface area contributed by atoms with E-state index in [1.54, 1.807) is 18.2 Å². The van der Waals surface area contributed by atoms with Crippen molar-refractivity contribution in [3.8, 4) is 0 Å². The third-order valence-corrected chi connectivity index (χ3v) is 7.21. The summed E-state index contributed by atoms with van der Waals surface area (Å²) in [6, 6.07) is 7.02. The molecular formula is C19H21ClN5O7P. The molecule has 12 nitrogen and oxygen atoms in total. The summed E-state index contributed by atoms with van der Waals surface area (Å²) < 4.78 is 36.6. The van der Waals surface area contributed by atoms with Crippen LogP contribution < -0.4 is 5.73 Å². The summed E-state index contributed by atoms with van der Waals surface area (Å²) in [5.74, 6) is 0.172. The summed E-state index contributed by atoms with van der Waals surface area (Å²) in [5, 5.41) is 21.6. The highest BCUT2D eigenvalue weighted by Crippen LogP contribution is 2.57. The van der Waals surface area contributed by atoms with Crippen LogP contribution in [0.2, 0.25) is 5.02 Å². The fourth-order valence-electron chi connectivity index (χ4n) is 3.83. The lowest BCUT2D eigenvalue weighted by Crippen LogP contribution is -2.34. The quantitative estimate of drug-likeness (QED) is 0.441. The number of ether oxygens (including phenoxy) is 1. The van der Waals surface area contributed by atoms with Crippen LogP contribution >= 0.6 is 19.4 Å². The third kappa shape index (κ3) is 4.36. The number of aromatic nitrogens is 4. The number of nitrogen functional groups attached to an aromatic ring is 1. The molecule has 5 rings (SSSR count). The van der Waals surface area contributed by atoms with E-state index in [1.165, 1.54) is 17.2 Å². The number of phosphoric ester groups is 1. The molecule has 6 atom stereocenters. The second-order valence-corrected chi connectivity index (χ2v) is 9.70. The van der Waals surface area contributed by atoms with Crippen molar-refractivity contribution in [3.05, 3.63) is 47.5 Å². The lowest BCUT2D eigenvalue weighted by Gasteiger charge is -2.29. The number of halogens is 1.